The molecule has 4 rings (SSSR count). The number of amides is 1. The number of aromatic nitrogens is 2. The summed E-state index contributed by atoms with van der Waals surface area (Å²) < 4.78 is 16.5. The van der Waals surface area contributed by atoms with Gasteiger partial charge < -0.3 is 19.7 Å². The van der Waals surface area contributed by atoms with Crippen molar-refractivity contribution in [2.45, 2.75) is 19.3 Å². The Bertz CT molecular complexity index is 1280. The normalized spacial score (nSPS) is 11.3. The molecule has 0 fully saturated rings. The predicted molar refractivity (Wildman–Crippen MR) is 125 cm³/mol. The second-order valence-corrected chi connectivity index (χ2v) is 8.08. The van der Waals surface area contributed by atoms with Crippen molar-refractivity contribution in [2.75, 3.05) is 14.2 Å². The van der Waals surface area contributed by atoms with Gasteiger partial charge in [-0.1, -0.05) is 47.6 Å². The number of methoxy groups -OCH3 is 2. The first-order valence-corrected chi connectivity index (χ1v) is 10.4. The molecule has 4 aromatic rings. The number of nitrogens with zero attached hydrogens (tertiary/aromatic N) is 2. The van der Waals surface area contributed by atoms with Gasteiger partial charge in [-0.2, -0.15) is 4.98 Å². The molecule has 1 amide bonds. The molecule has 0 unspecified atom stereocenters. The lowest BCUT2D eigenvalue weighted by Gasteiger charge is -2.22. The summed E-state index contributed by atoms with van der Waals surface area (Å²) in [7, 11) is 3.08. The molecule has 33 heavy (non-hydrogen) atoms. The van der Waals surface area contributed by atoms with Crippen LogP contribution in [0, 0.1) is 0 Å². The first kappa shape index (κ1) is 22.1. The molecule has 0 saturated carbocycles. The van der Waals surface area contributed by atoms with Gasteiger partial charge in [-0.25, -0.2) is 0 Å². The zero-order valence-corrected chi connectivity index (χ0v) is 19.0. The van der Waals surface area contributed by atoms with E-state index in [1.54, 1.807) is 19.2 Å². The van der Waals surface area contributed by atoms with Crippen LogP contribution < -0.4 is 15.2 Å². The third-order valence-electron chi connectivity index (χ3n) is 5.71. The van der Waals surface area contributed by atoms with Gasteiger partial charge in [-0.05, 0) is 49.2 Å². The number of ether oxygens (including phenoxy) is 2. The Hall–Kier alpha value is -4.13. The zero-order chi connectivity index (χ0) is 23.6. The molecule has 0 bridgehead atoms. The molecule has 7 nitrogen and oxygen atoms in total. The summed E-state index contributed by atoms with van der Waals surface area (Å²) in [6.45, 7) is 4.06. The Morgan fingerprint density at radius 2 is 1.61 bits per heavy atom. The summed E-state index contributed by atoms with van der Waals surface area (Å²) in [5.74, 6) is 1.47. The lowest BCUT2D eigenvalue weighted by Crippen LogP contribution is -2.20. The maximum absolute atomic E-state index is 12.1. The van der Waals surface area contributed by atoms with Crippen molar-refractivity contribution in [3.05, 3.63) is 83.7 Å². The van der Waals surface area contributed by atoms with E-state index in [1.807, 2.05) is 68.4 Å². The fourth-order valence-electron chi connectivity index (χ4n) is 3.78. The van der Waals surface area contributed by atoms with E-state index >= 15 is 0 Å². The summed E-state index contributed by atoms with van der Waals surface area (Å²) in [6, 6.07) is 20.7. The van der Waals surface area contributed by atoms with Gasteiger partial charge in [-0.3, -0.25) is 4.79 Å². The van der Waals surface area contributed by atoms with Crippen LogP contribution >= 0.6 is 0 Å². The van der Waals surface area contributed by atoms with Crippen LogP contribution in [0.15, 0.2) is 71.3 Å². The maximum Gasteiger partial charge on any atom is 0.257 e. The van der Waals surface area contributed by atoms with Gasteiger partial charge in [0.05, 0.1) is 25.2 Å². The Labute approximate surface area is 192 Å². The summed E-state index contributed by atoms with van der Waals surface area (Å²) in [5, 5.41) is 4.22. The Kier molecular flexibility index (Phi) is 5.87. The largest absolute Gasteiger partial charge is 0.493 e. The van der Waals surface area contributed by atoms with Crippen molar-refractivity contribution in [1.82, 2.24) is 10.1 Å². The van der Waals surface area contributed by atoms with Crippen molar-refractivity contribution in [2.24, 2.45) is 5.73 Å². The van der Waals surface area contributed by atoms with E-state index in [-0.39, 0.29) is 0 Å². The number of carbonyl (C=O) groups is 1. The van der Waals surface area contributed by atoms with Crippen molar-refractivity contribution in [1.29, 1.82) is 0 Å². The average Bonchev–Trinajstić information content (AvgIpc) is 3.35. The first-order valence-electron chi connectivity index (χ1n) is 10.4. The Morgan fingerprint density at radius 1 is 0.909 bits per heavy atom. The molecule has 2 N–H and O–H groups in total. The average molecular weight is 444 g/mol. The van der Waals surface area contributed by atoms with E-state index in [2.05, 4.69) is 10.1 Å². The van der Waals surface area contributed by atoms with Crippen LogP contribution in [0.4, 0.5) is 0 Å². The Morgan fingerprint density at radius 3 is 2.21 bits per heavy atom. The lowest BCUT2D eigenvalue weighted by atomic mass is 9.83. The fraction of sp³-hybridized carbons (Fsp3) is 0.192. The van der Waals surface area contributed by atoms with Crippen LogP contribution in [-0.4, -0.2) is 30.3 Å². The van der Waals surface area contributed by atoms with E-state index in [9.17, 15) is 4.79 Å². The molecule has 1 heterocycles. The Balaban J connectivity index is 1.72. The third kappa shape index (κ3) is 4.05. The van der Waals surface area contributed by atoms with Crippen LogP contribution in [0.25, 0.3) is 22.6 Å². The van der Waals surface area contributed by atoms with Crippen molar-refractivity contribution in [3.8, 4) is 34.1 Å². The van der Waals surface area contributed by atoms with E-state index in [0.29, 0.717) is 34.3 Å². The minimum absolute atomic E-state index is 0.352. The smallest absolute Gasteiger partial charge is 0.257 e. The minimum atomic E-state index is -0.546. The lowest BCUT2D eigenvalue weighted by molar-refractivity contribution is 0.100. The number of hydrogen-bond acceptors (Lipinski definition) is 6. The number of nitrogens with two attached hydrogens (primary N) is 1. The molecule has 0 radical (unpaired) electrons. The van der Waals surface area contributed by atoms with Gasteiger partial charge in [0, 0.05) is 11.1 Å². The summed E-state index contributed by atoms with van der Waals surface area (Å²) in [5.41, 5.74) is 8.67. The van der Waals surface area contributed by atoms with Crippen molar-refractivity contribution in [3.63, 3.8) is 0 Å². The molecular formula is C26H25N3O4. The van der Waals surface area contributed by atoms with Gasteiger partial charge in [-0.15, -0.1) is 0 Å². The standard InChI is InChI=1S/C26H25N3O4/c1-26(2,25-28-24(33-29-25)17-8-6-5-7-9-17)18-12-10-16(11-13-18)21-19(23(27)30)14-15-20(31-3)22(21)32-4/h5-15H,1-4H3,(H2,27,30). The van der Waals surface area contributed by atoms with Crippen molar-refractivity contribution < 1.29 is 18.8 Å². The number of benzene rings is 3. The molecule has 0 aliphatic rings. The highest BCUT2D eigenvalue weighted by molar-refractivity contribution is 6.02. The van der Waals surface area contributed by atoms with Crippen LogP contribution in [0.2, 0.25) is 0 Å². The van der Waals surface area contributed by atoms with Crippen LogP contribution in [-0.2, 0) is 5.41 Å². The molecule has 3 aromatic carbocycles. The van der Waals surface area contributed by atoms with Crippen LogP contribution in [0.1, 0.15) is 35.6 Å². The van der Waals surface area contributed by atoms with Gasteiger partial charge in [0.2, 0.25) is 5.91 Å². The molecule has 0 aliphatic heterocycles. The van der Waals surface area contributed by atoms with Crippen LogP contribution in [0.3, 0.4) is 0 Å². The van der Waals surface area contributed by atoms with E-state index in [0.717, 1.165) is 16.7 Å². The molecule has 0 saturated heterocycles. The monoisotopic (exact) mass is 443 g/mol. The number of rotatable bonds is 7. The molecule has 168 valence electrons. The highest BCUT2D eigenvalue weighted by Crippen LogP contribution is 2.41. The van der Waals surface area contributed by atoms with E-state index in [1.165, 1.54) is 7.11 Å². The van der Waals surface area contributed by atoms with Gasteiger partial charge in [0.1, 0.15) is 0 Å². The summed E-state index contributed by atoms with van der Waals surface area (Å²) in [6.07, 6.45) is 0. The van der Waals surface area contributed by atoms with Crippen LogP contribution in [0.5, 0.6) is 11.5 Å². The predicted octanol–water partition coefficient (Wildman–Crippen LogP) is 4.85. The highest BCUT2D eigenvalue weighted by Gasteiger charge is 2.30. The molecule has 0 aliphatic carbocycles. The van der Waals surface area contributed by atoms with Gasteiger partial charge in [0.15, 0.2) is 17.3 Å². The number of primary amides is 1. The summed E-state index contributed by atoms with van der Waals surface area (Å²) >= 11 is 0. The second kappa shape index (κ2) is 8.78. The quantitative estimate of drug-likeness (QED) is 0.438. The topological polar surface area (TPSA) is 100 Å². The molecule has 0 atom stereocenters. The maximum atomic E-state index is 12.1. The highest BCUT2D eigenvalue weighted by atomic mass is 16.5. The number of carbonyl (C=O) groups excluding carboxylic acids is 1. The fourth-order valence-corrected chi connectivity index (χ4v) is 3.78. The van der Waals surface area contributed by atoms with E-state index < -0.39 is 11.3 Å². The molecule has 1 aromatic heterocycles. The molecule has 7 heteroatoms. The van der Waals surface area contributed by atoms with Gasteiger partial charge in [0.25, 0.3) is 5.89 Å². The SMILES string of the molecule is COc1ccc(C(N)=O)c(-c2ccc(C(C)(C)c3noc(-c4ccccc4)n3)cc2)c1OC. The molecule has 0 spiro atoms. The summed E-state index contributed by atoms with van der Waals surface area (Å²) in [4.78, 5) is 16.7. The van der Waals surface area contributed by atoms with E-state index in [4.69, 9.17) is 19.7 Å². The number of hydrogen-bond donors (Lipinski definition) is 1. The minimum Gasteiger partial charge on any atom is -0.493 e. The first-order chi connectivity index (χ1) is 15.9. The third-order valence-corrected chi connectivity index (χ3v) is 5.71. The zero-order valence-electron chi connectivity index (χ0n) is 19.0. The molecular weight excluding hydrogens is 418 g/mol. The van der Waals surface area contributed by atoms with Gasteiger partial charge >= 0.3 is 0 Å². The van der Waals surface area contributed by atoms with Crippen molar-refractivity contribution >= 4 is 5.91 Å². The second-order valence-electron chi connectivity index (χ2n) is 8.08.